The van der Waals surface area contributed by atoms with Gasteiger partial charge in [-0.1, -0.05) is 42.5 Å². The van der Waals surface area contributed by atoms with Crippen molar-refractivity contribution < 1.29 is 23.8 Å². The molecule has 2 amide bonds. The van der Waals surface area contributed by atoms with E-state index in [0.717, 1.165) is 11.3 Å². The van der Waals surface area contributed by atoms with E-state index >= 15 is 0 Å². The molecule has 9 heteroatoms. The molecule has 0 aliphatic carbocycles. The van der Waals surface area contributed by atoms with Crippen LogP contribution in [0.3, 0.4) is 0 Å². The molecule has 1 aromatic heterocycles. The summed E-state index contributed by atoms with van der Waals surface area (Å²) in [6, 6.07) is 16.8. The second kappa shape index (κ2) is 9.66. The van der Waals surface area contributed by atoms with Crippen molar-refractivity contribution in [2.24, 2.45) is 0 Å². The number of nitrogens with zero attached hydrogens (tertiary/aromatic N) is 2. The molecule has 1 aliphatic rings. The molecule has 0 spiro atoms. The van der Waals surface area contributed by atoms with Crippen LogP contribution >= 0.6 is 0 Å². The molecule has 0 radical (unpaired) electrons. The Balaban J connectivity index is 1.19. The monoisotopic (exact) mass is 422 g/mol. The molecule has 31 heavy (non-hydrogen) atoms. The van der Waals surface area contributed by atoms with Gasteiger partial charge in [0.25, 0.3) is 0 Å². The molecule has 9 nitrogen and oxygen atoms in total. The lowest BCUT2D eigenvalue weighted by atomic mass is 10.2. The standard InChI is InChI=1S/C22H22N4O5/c27-21(11-23-22(28)30-14-16-6-2-1-3-7-16)25-17-10-24-26(12-17)13-18-15-29-19-8-4-5-9-20(19)31-18/h1-10,12,18H,11,13-15H2,(H,23,28)(H,25,27)/t18-/m0/s1. The summed E-state index contributed by atoms with van der Waals surface area (Å²) < 4.78 is 18.3. The van der Waals surface area contributed by atoms with Gasteiger partial charge in [-0.2, -0.15) is 5.10 Å². The highest BCUT2D eigenvalue weighted by Crippen LogP contribution is 2.31. The number of benzene rings is 2. The Morgan fingerprint density at radius 3 is 2.71 bits per heavy atom. The summed E-state index contributed by atoms with van der Waals surface area (Å²) in [4.78, 5) is 23.8. The number of amides is 2. The molecular weight excluding hydrogens is 400 g/mol. The Morgan fingerprint density at radius 1 is 1.10 bits per heavy atom. The number of rotatable bonds is 7. The van der Waals surface area contributed by atoms with E-state index in [0.29, 0.717) is 24.6 Å². The lowest BCUT2D eigenvalue weighted by Gasteiger charge is -2.26. The van der Waals surface area contributed by atoms with Gasteiger partial charge >= 0.3 is 6.09 Å². The van der Waals surface area contributed by atoms with Crippen molar-refractivity contribution in [2.45, 2.75) is 19.3 Å². The Kier molecular flexibility index (Phi) is 6.32. The van der Waals surface area contributed by atoms with Gasteiger partial charge in [0.15, 0.2) is 17.6 Å². The number of aromatic nitrogens is 2. The fourth-order valence-corrected chi connectivity index (χ4v) is 3.02. The summed E-state index contributed by atoms with van der Waals surface area (Å²) in [5, 5.41) is 9.33. The van der Waals surface area contributed by atoms with Crippen molar-refractivity contribution in [1.29, 1.82) is 0 Å². The van der Waals surface area contributed by atoms with Crippen LogP contribution in [-0.4, -0.2) is 41.0 Å². The Morgan fingerprint density at radius 2 is 1.87 bits per heavy atom. The zero-order chi connectivity index (χ0) is 21.5. The highest BCUT2D eigenvalue weighted by Gasteiger charge is 2.21. The minimum absolute atomic E-state index is 0.137. The van der Waals surface area contributed by atoms with E-state index in [1.165, 1.54) is 6.20 Å². The summed E-state index contributed by atoms with van der Waals surface area (Å²) in [6.45, 7) is 0.801. The van der Waals surface area contributed by atoms with E-state index in [-0.39, 0.29) is 25.2 Å². The first-order valence-corrected chi connectivity index (χ1v) is 9.81. The normalized spacial score (nSPS) is 14.5. The van der Waals surface area contributed by atoms with Crippen LogP contribution in [-0.2, 0) is 22.7 Å². The first-order valence-electron chi connectivity index (χ1n) is 9.81. The number of hydrogen-bond donors (Lipinski definition) is 2. The number of nitrogens with one attached hydrogen (secondary N) is 2. The van der Waals surface area contributed by atoms with Crippen LogP contribution in [0.1, 0.15) is 5.56 Å². The highest BCUT2D eigenvalue weighted by atomic mass is 16.6. The summed E-state index contributed by atoms with van der Waals surface area (Å²) in [5.74, 6) is 1.04. The second-order valence-electron chi connectivity index (χ2n) is 6.91. The average Bonchev–Trinajstić information content (AvgIpc) is 3.23. The SMILES string of the molecule is O=C(CNC(=O)OCc1ccccc1)Nc1cnn(C[C@H]2COc3ccccc3O2)c1. The molecule has 0 saturated carbocycles. The van der Waals surface area contributed by atoms with Gasteiger partial charge in [0.1, 0.15) is 19.8 Å². The molecule has 0 unspecified atom stereocenters. The molecule has 1 aliphatic heterocycles. The number of anilines is 1. The predicted octanol–water partition coefficient (Wildman–Crippen LogP) is 2.59. The van der Waals surface area contributed by atoms with Crippen molar-refractivity contribution in [1.82, 2.24) is 15.1 Å². The first kappa shape index (κ1) is 20.3. The lowest BCUT2D eigenvalue weighted by molar-refractivity contribution is -0.115. The van der Waals surface area contributed by atoms with Crippen LogP contribution in [0.4, 0.5) is 10.5 Å². The van der Waals surface area contributed by atoms with Crippen LogP contribution < -0.4 is 20.1 Å². The van der Waals surface area contributed by atoms with E-state index < -0.39 is 6.09 Å². The highest BCUT2D eigenvalue weighted by molar-refractivity contribution is 5.93. The fraction of sp³-hybridized carbons (Fsp3) is 0.227. The maximum absolute atomic E-state index is 12.1. The van der Waals surface area contributed by atoms with Crippen molar-refractivity contribution >= 4 is 17.7 Å². The predicted molar refractivity (Wildman–Crippen MR) is 112 cm³/mol. The van der Waals surface area contributed by atoms with Gasteiger partial charge in [-0.25, -0.2) is 4.79 Å². The van der Waals surface area contributed by atoms with Gasteiger partial charge < -0.3 is 24.8 Å². The number of alkyl carbamates (subject to hydrolysis) is 1. The molecule has 0 saturated heterocycles. The van der Waals surface area contributed by atoms with Crippen LogP contribution in [0.25, 0.3) is 0 Å². The molecule has 3 aromatic rings. The maximum atomic E-state index is 12.1. The molecule has 2 heterocycles. The smallest absolute Gasteiger partial charge is 0.407 e. The number of hydrogen-bond acceptors (Lipinski definition) is 6. The Hall–Kier alpha value is -4.01. The third kappa shape index (κ3) is 5.75. The summed E-state index contributed by atoms with van der Waals surface area (Å²) >= 11 is 0. The number of fused-ring (bicyclic) bond motifs is 1. The minimum Gasteiger partial charge on any atom is -0.486 e. The molecule has 1 atom stereocenters. The largest absolute Gasteiger partial charge is 0.486 e. The third-order valence-electron chi connectivity index (χ3n) is 4.48. The second-order valence-corrected chi connectivity index (χ2v) is 6.91. The number of carbonyl (C=O) groups is 2. The van der Waals surface area contributed by atoms with Gasteiger partial charge in [0, 0.05) is 6.20 Å². The van der Waals surface area contributed by atoms with E-state index in [1.54, 1.807) is 10.9 Å². The lowest BCUT2D eigenvalue weighted by Crippen LogP contribution is -2.33. The van der Waals surface area contributed by atoms with Crippen LogP contribution in [0, 0.1) is 0 Å². The van der Waals surface area contributed by atoms with E-state index in [4.69, 9.17) is 14.2 Å². The summed E-state index contributed by atoms with van der Waals surface area (Å²) in [7, 11) is 0. The van der Waals surface area contributed by atoms with Crippen molar-refractivity contribution in [3.05, 3.63) is 72.6 Å². The average molecular weight is 422 g/mol. The van der Waals surface area contributed by atoms with Gasteiger partial charge in [-0.15, -0.1) is 0 Å². The maximum Gasteiger partial charge on any atom is 0.407 e. The molecule has 0 bridgehead atoms. The summed E-state index contributed by atoms with van der Waals surface area (Å²) in [6.07, 6.45) is 2.36. The van der Waals surface area contributed by atoms with E-state index in [1.807, 2.05) is 54.6 Å². The Labute approximate surface area is 178 Å². The molecule has 0 fully saturated rings. The number of ether oxygens (including phenoxy) is 3. The molecule has 4 rings (SSSR count). The van der Waals surface area contributed by atoms with Crippen LogP contribution in [0.2, 0.25) is 0 Å². The van der Waals surface area contributed by atoms with E-state index in [9.17, 15) is 9.59 Å². The number of carbonyl (C=O) groups excluding carboxylic acids is 2. The Bertz CT molecular complexity index is 1040. The topological polar surface area (TPSA) is 104 Å². The minimum atomic E-state index is -0.663. The fourth-order valence-electron chi connectivity index (χ4n) is 3.02. The number of para-hydroxylation sites is 2. The zero-order valence-corrected chi connectivity index (χ0v) is 16.7. The van der Waals surface area contributed by atoms with Gasteiger partial charge in [0.2, 0.25) is 5.91 Å². The zero-order valence-electron chi connectivity index (χ0n) is 16.7. The van der Waals surface area contributed by atoms with Crippen LogP contribution in [0.15, 0.2) is 67.0 Å². The van der Waals surface area contributed by atoms with Crippen molar-refractivity contribution in [3.8, 4) is 11.5 Å². The third-order valence-corrected chi connectivity index (χ3v) is 4.48. The molecular formula is C22H22N4O5. The van der Waals surface area contributed by atoms with Crippen LogP contribution in [0.5, 0.6) is 11.5 Å². The van der Waals surface area contributed by atoms with Gasteiger partial charge in [-0.3, -0.25) is 9.48 Å². The van der Waals surface area contributed by atoms with Crippen molar-refractivity contribution in [2.75, 3.05) is 18.5 Å². The van der Waals surface area contributed by atoms with Gasteiger partial charge in [0.05, 0.1) is 18.4 Å². The molecule has 2 aromatic carbocycles. The van der Waals surface area contributed by atoms with Gasteiger partial charge in [-0.05, 0) is 17.7 Å². The quantitative estimate of drug-likeness (QED) is 0.607. The first-order chi connectivity index (χ1) is 15.2. The summed E-state index contributed by atoms with van der Waals surface area (Å²) in [5.41, 5.74) is 1.38. The van der Waals surface area contributed by atoms with E-state index in [2.05, 4.69) is 15.7 Å². The molecule has 2 N–H and O–H groups in total. The van der Waals surface area contributed by atoms with Crippen molar-refractivity contribution in [3.63, 3.8) is 0 Å². The molecule has 160 valence electrons.